The zero-order chi connectivity index (χ0) is 17.5. The zero-order valence-electron chi connectivity index (χ0n) is 15.2. The molecule has 1 aliphatic carbocycles. The first kappa shape index (κ1) is 18.5. The van der Waals surface area contributed by atoms with Crippen molar-refractivity contribution in [3.63, 3.8) is 0 Å². The molecule has 1 aromatic rings. The molecule has 4 heteroatoms. The third-order valence-electron chi connectivity index (χ3n) is 5.15. The molecule has 1 aromatic carbocycles. The minimum absolute atomic E-state index is 0.0471. The Hall–Kier alpha value is -1.84. The fourth-order valence-corrected chi connectivity index (χ4v) is 3.67. The fraction of sp³-hybridized carbons (Fsp3) is 0.600. The molecule has 0 spiro atoms. The van der Waals surface area contributed by atoms with Crippen LogP contribution in [0.2, 0.25) is 0 Å². The lowest BCUT2D eigenvalue weighted by Gasteiger charge is -2.33. The van der Waals surface area contributed by atoms with Crippen molar-refractivity contribution in [3.05, 3.63) is 30.3 Å². The number of benzene rings is 1. The maximum Gasteiger partial charge on any atom is 0.230 e. The summed E-state index contributed by atoms with van der Waals surface area (Å²) in [4.78, 5) is 29.1. The van der Waals surface area contributed by atoms with Gasteiger partial charge in [0.05, 0.1) is 0 Å². The molecule has 1 aliphatic rings. The summed E-state index contributed by atoms with van der Waals surface area (Å²) in [5.41, 5.74) is 0.964. The molecule has 1 fully saturated rings. The lowest BCUT2D eigenvalue weighted by Crippen LogP contribution is -2.41. The van der Waals surface area contributed by atoms with Crippen LogP contribution in [0.25, 0.3) is 0 Å². The van der Waals surface area contributed by atoms with Crippen LogP contribution in [0.5, 0.6) is 0 Å². The molecule has 132 valence electrons. The zero-order valence-corrected chi connectivity index (χ0v) is 15.2. The van der Waals surface area contributed by atoms with Crippen LogP contribution in [0.1, 0.15) is 46.5 Å². The molecule has 4 nitrogen and oxygen atoms in total. The Labute approximate surface area is 145 Å². The standard InChI is InChI=1S/C20H30N2O2/c1-4-21(5-2)19(23)16-12-14-17(15-13-16)20(24)22(6-3)18-10-8-7-9-11-18/h7-11,16-17H,4-6,12-15H2,1-3H3. The summed E-state index contributed by atoms with van der Waals surface area (Å²) >= 11 is 0. The van der Waals surface area contributed by atoms with Crippen LogP contribution < -0.4 is 4.90 Å². The molecular formula is C20H30N2O2. The van der Waals surface area contributed by atoms with Crippen molar-refractivity contribution in [2.75, 3.05) is 24.5 Å². The van der Waals surface area contributed by atoms with Crippen LogP contribution in [0.3, 0.4) is 0 Å². The first-order chi connectivity index (χ1) is 11.6. The smallest absolute Gasteiger partial charge is 0.230 e. The Morgan fingerprint density at radius 3 is 1.79 bits per heavy atom. The van der Waals surface area contributed by atoms with Crippen molar-refractivity contribution in [3.8, 4) is 0 Å². The number of para-hydroxylation sites is 1. The molecule has 2 rings (SSSR count). The van der Waals surface area contributed by atoms with E-state index in [1.54, 1.807) is 0 Å². The topological polar surface area (TPSA) is 40.6 Å². The maximum atomic E-state index is 12.9. The number of rotatable bonds is 6. The molecule has 0 heterocycles. The molecular weight excluding hydrogens is 300 g/mol. The Kier molecular flexibility index (Phi) is 6.83. The summed E-state index contributed by atoms with van der Waals surface area (Å²) in [6.07, 6.45) is 3.30. The summed E-state index contributed by atoms with van der Waals surface area (Å²) in [5.74, 6) is 0.616. The van der Waals surface area contributed by atoms with Crippen LogP contribution in [0.15, 0.2) is 30.3 Å². The molecule has 0 atom stereocenters. The van der Waals surface area contributed by atoms with E-state index in [0.29, 0.717) is 6.54 Å². The summed E-state index contributed by atoms with van der Waals surface area (Å²) in [6, 6.07) is 9.86. The van der Waals surface area contributed by atoms with E-state index < -0.39 is 0 Å². The molecule has 0 saturated heterocycles. The largest absolute Gasteiger partial charge is 0.343 e. The molecule has 0 radical (unpaired) electrons. The second-order valence-electron chi connectivity index (χ2n) is 6.48. The number of hydrogen-bond acceptors (Lipinski definition) is 2. The van der Waals surface area contributed by atoms with E-state index in [2.05, 4.69) is 0 Å². The minimum Gasteiger partial charge on any atom is -0.343 e. The molecule has 1 saturated carbocycles. The van der Waals surface area contributed by atoms with Gasteiger partial charge in [-0.15, -0.1) is 0 Å². The third-order valence-corrected chi connectivity index (χ3v) is 5.15. The predicted octanol–water partition coefficient (Wildman–Crippen LogP) is 3.71. The van der Waals surface area contributed by atoms with E-state index in [-0.39, 0.29) is 23.7 Å². The van der Waals surface area contributed by atoms with E-state index in [9.17, 15) is 9.59 Å². The van der Waals surface area contributed by atoms with E-state index in [1.165, 1.54) is 0 Å². The highest BCUT2D eigenvalue weighted by Crippen LogP contribution is 2.32. The molecule has 0 aliphatic heterocycles. The number of carbonyl (C=O) groups is 2. The number of nitrogens with zero attached hydrogens (tertiary/aromatic N) is 2. The van der Waals surface area contributed by atoms with Gasteiger partial charge in [0.2, 0.25) is 11.8 Å². The van der Waals surface area contributed by atoms with E-state index in [0.717, 1.165) is 44.5 Å². The van der Waals surface area contributed by atoms with Crippen LogP contribution in [-0.4, -0.2) is 36.3 Å². The van der Waals surface area contributed by atoms with Gasteiger partial charge in [-0.2, -0.15) is 0 Å². The molecule has 0 bridgehead atoms. The molecule has 0 unspecified atom stereocenters. The van der Waals surface area contributed by atoms with Crippen LogP contribution in [0.4, 0.5) is 5.69 Å². The van der Waals surface area contributed by atoms with E-state index in [1.807, 2.05) is 60.9 Å². The average Bonchev–Trinajstić information content (AvgIpc) is 2.64. The number of anilines is 1. The molecule has 24 heavy (non-hydrogen) atoms. The molecule has 2 amide bonds. The SMILES string of the molecule is CCN(CC)C(=O)C1CCC(C(=O)N(CC)c2ccccc2)CC1. The van der Waals surface area contributed by atoms with Crippen LogP contribution in [-0.2, 0) is 9.59 Å². The van der Waals surface area contributed by atoms with Crippen molar-refractivity contribution in [2.45, 2.75) is 46.5 Å². The van der Waals surface area contributed by atoms with E-state index in [4.69, 9.17) is 0 Å². The van der Waals surface area contributed by atoms with Gasteiger partial charge in [0, 0.05) is 37.2 Å². The first-order valence-electron chi connectivity index (χ1n) is 9.27. The van der Waals surface area contributed by atoms with Gasteiger partial charge in [-0.1, -0.05) is 18.2 Å². The first-order valence-corrected chi connectivity index (χ1v) is 9.27. The fourth-order valence-electron chi connectivity index (χ4n) is 3.67. The van der Waals surface area contributed by atoms with Crippen molar-refractivity contribution in [1.29, 1.82) is 0 Å². The van der Waals surface area contributed by atoms with Gasteiger partial charge < -0.3 is 9.80 Å². The second kappa shape index (κ2) is 8.86. The number of hydrogen-bond donors (Lipinski definition) is 0. The second-order valence-corrected chi connectivity index (χ2v) is 6.48. The Bertz CT molecular complexity index is 532. The minimum atomic E-state index is 0.0471. The third kappa shape index (κ3) is 4.16. The normalized spacial score (nSPS) is 20.5. The van der Waals surface area contributed by atoms with E-state index >= 15 is 0 Å². The van der Waals surface area contributed by atoms with Gasteiger partial charge in [0.1, 0.15) is 0 Å². The van der Waals surface area contributed by atoms with Gasteiger partial charge in [-0.25, -0.2) is 0 Å². The van der Waals surface area contributed by atoms with Crippen LogP contribution >= 0.6 is 0 Å². The van der Waals surface area contributed by atoms with Gasteiger partial charge >= 0.3 is 0 Å². The van der Waals surface area contributed by atoms with Gasteiger partial charge in [-0.05, 0) is 58.6 Å². The predicted molar refractivity (Wildman–Crippen MR) is 97.8 cm³/mol. The molecule has 0 N–H and O–H groups in total. The van der Waals surface area contributed by atoms with Crippen molar-refractivity contribution >= 4 is 17.5 Å². The Morgan fingerprint density at radius 2 is 1.33 bits per heavy atom. The van der Waals surface area contributed by atoms with Crippen molar-refractivity contribution < 1.29 is 9.59 Å². The Balaban J connectivity index is 1.96. The maximum absolute atomic E-state index is 12.9. The average molecular weight is 330 g/mol. The van der Waals surface area contributed by atoms with Gasteiger partial charge in [0.25, 0.3) is 0 Å². The monoisotopic (exact) mass is 330 g/mol. The number of carbonyl (C=O) groups excluding carboxylic acids is 2. The highest BCUT2D eigenvalue weighted by atomic mass is 16.2. The Morgan fingerprint density at radius 1 is 0.833 bits per heavy atom. The summed E-state index contributed by atoms with van der Waals surface area (Å²) in [5, 5.41) is 0. The lowest BCUT2D eigenvalue weighted by atomic mass is 9.80. The highest BCUT2D eigenvalue weighted by molar-refractivity contribution is 5.95. The summed E-state index contributed by atoms with van der Waals surface area (Å²) < 4.78 is 0. The van der Waals surface area contributed by atoms with Crippen LogP contribution in [0, 0.1) is 11.8 Å². The van der Waals surface area contributed by atoms with Crippen molar-refractivity contribution in [1.82, 2.24) is 4.90 Å². The molecule has 0 aromatic heterocycles. The lowest BCUT2D eigenvalue weighted by molar-refractivity contribution is -0.137. The number of amides is 2. The summed E-state index contributed by atoms with van der Waals surface area (Å²) in [7, 11) is 0. The van der Waals surface area contributed by atoms with Gasteiger partial charge in [-0.3, -0.25) is 9.59 Å². The van der Waals surface area contributed by atoms with Gasteiger partial charge in [0.15, 0.2) is 0 Å². The quantitative estimate of drug-likeness (QED) is 0.798. The summed E-state index contributed by atoms with van der Waals surface area (Å²) in [6.45, 7) is 8.28. The highest BCUT2D eigenvalue weighted by Gasteiger charge is 2.33. The van der Waals surface area contributed by atoms with Crippen molar-refractivity contribution in [2.24, 2.45) is 11.8 Å².